The Labute approximate surface area is 134 Å². The Kier molecular flexibility index (Phi) is 3.58. The monoisotopic (exact) mass is 313 g/mol. The number of thiophene rings is 1. The Balaban J connectivity index is 1.60. The van der Waals surface area contributed by atoms with Crippen molar-refractivity contribution in [2.45, 2.75) is 19.4 Å². The molecule has 2 aromatic rings. The van der Waals surface area contributed by atoms with Crippen LogP contribution in [0.25, 0.3) is 0 Å². The van der Waals surface area contributed by atoms with Crippen LogP contribution in [0.4, 0.5) is 5.82 Å². The van der Waals surface area contributed by atoms with Crippen molar-refractivity contribution in [3.63, 3.8) is 0 Å². The van der Waals surface area contributed by atoms with Gasteiger partial charge in [-0.25, -0.2) is 4.98 Å². The molecule has 1 saturated carbocycles. The number of aromatic nitrogens is 1. The number of anilines is 1. The van der Waals surface area contributed by atoms with Crippen LogP contribution in [0.2, 0.25) is 0 Å². The summed E-state index contributed by atoms with van der Waals surface area (Å²) in [6, 6.07) is 7.91. The normalized spacial score (nSPS) is 18.0. The van der Waals surface area contributed by atoms with Crippen molar-refractivity contribution in [2.75, 3.05) is 24.5 Å². The van der Waals surface area contributed by atoms with E-state index in [1.54, 1.807) is 0 Å². The van der Waals surface area contributed by atoms with E-state index in [0.29, 0.717) is 6.54 Å². The third-order valence-electron chi connectivity index (χ3n) is 4.36. The third-order valence-corrected chi connectivity index (χ3v) is 5.22. The number of nitrogens with zero attached hydrogens (tertiary/aromatic N) is 3. The highest BCUT2D eigenvalue weighted by molar-refractivity contribution is 7.12. The second-order valence-electron chi connectivity index (χ2n) is 6.08. The van der Waals surface area contributed by atoms with Gasteiger partial charge in [0.2, 0.25) is 0 Å². The first kappa shape index (κ1) is 13.8. The number of hydrogen-bond donors (Lipinski definition) is 0. The van der Waals surface area contributed by atoms with Gasteiger partial charge in [-0.05, 0) is 36.3 Å². The lowest BCUT2D eigenvalue weighted by atomic mass is 10.2. The summed E-state index contributed by atoms with van der Waals surface area (Å²) >= 11 is 1.51. The van der Waals surface area contributed by atoms with E-state index in [-0.39, 0.29) is 5.91 Å². The van der Waals surface area contributed by atoms with E-state index in [1.807, 2.05) is 34.7 Å². The number of carbonyl (C=O) groups excluding carboxylic acids is 1. The summed E-state index contributed by atoms with van der Waals surface area (Å²) in [5.41, 5.74) is 1.16. The van der Waals surface area contributed by atoms with E-state index < -0.39 is 0 Å². The zero-order valence-corrected chi connectivity index (χ0v) is 13.3. The first-order valence-corrected chi connectivity index (χ1v) is 8.71. The summed E-state index contributed by atoms with van der Waals surface area (Å²) in [7, 11) is 0. The zero-order valence-electron chi connectivity index (χ0n) is 12.4. The molecule has 1 aliphatic heterocycles. The fourth-order valence-corrected chi connectivity index (χ4v) is 3.68. The summed E-state index contributed by atoms with van der Waals surface area (Å²) in [4.78, 5) is 22.4. The Morgan fingerprint density at radius 1 is 1.27 bits per heavy atom. The van der Waals surface area contributed by atoms with E-state index in [0.717, 1.165) is 41.8 Å². The molecule has 0 spiro atoms. The second kappa shape index (κ2) is 5.72. The van der Waals surface area contributed by atoms with Crippen LogP contribution in [0.15, 0.2) is 35.8 Å². The molecular formula is C17H19N3OS. The summed E-state index contributed by atoms with van der Waals surface area (Å²) in [5.74, 6) is 2.02. The SMILES string of the molecule is O=C(c1cccs1)N1CCN(CC2CC2)c2ncccc2C1. The van der Waals surface area contributed by atoms with Gasteiger partial charge in [-0.15, -0.1) is 11.3 Å². The Morgan fingerprint density at radius 3 is 2.95 bits per heavy atom. The molecule has 4 rings (SSSR count). The smallest absolute Gasteiger partial charge is 0.264 e. The van der Waals surface area contributed by atoms with Crippen molar-refractivity contribution in [3.05, 3.63) is 46.3 Å². The lowest BCUT2D eigenvalue weighted by Crippen LogP contribution is -2.36. The van der Waals surface area contributed by atoms with Gasteiger partial charge in [0.25, 0.3) is 5.91 Å². The van der Waals surface area contributed by atoms with Gasteiger partial charge < -0.3 is 9.80 Å². The number of rotatable bonds is 3. The second-order valence-corrected chi connectivity index (χ2v) is 7.03. The van der Waals surface area contributed by atoms with Crippen molar-refractivity contribution >= 4 is 23.1 Å². The number of carbonyl (C=O) groups is 1. The van der Waals surface area contributed by atoms with Gasteiger partial charge in [0.05, 0.1) is 4.88 Å². The predicted molar refractivity (Wildman–Crippen MR) is 88.2 cm³/mol. The van der Waals surface area contributed by atoms with Gasteiger partial charge in [0, 0.05) is 37.9 Å². The molecule has 0 aromatic carbocycles. The van der Waals surface area contributed by atoms with Gasteiger partial charge in [-0.2, -0.15) is 0 Å². The van der Waals surface area contributed by atoms with Crippen LogP contribution in [0, 0.1) is 5.92 Å². The maximum atomic E-state index is 12.7. The molecule has 0 radical (unpaired) electrons. The highest BCUT2D eigenvalue weighted by Crippen LogP contribution is 2.33. The molecule has 0 saturated heterocycles. The van der Waals surface area contributed by atoms with Crippen LogP contribution in [0.3, 0.4) is 0 Å². The third kappa shape index (κ3) is 2.73. The number of hydrogen-bond acceptors (Lipinski definition) is 4. The van der Waals surface area contributed by atoms with Gasteiger partial charge in [0.1, 0.15) is 5.82 Å². The van der Waals surface area contributed by atoms with Crippen molar-refractivity contribution in [3.8, 4) is 0 Å². The van der Waals surface area contributed by atoms with Crippen LogP contribution in [-0.2, 0) is 6.54 Å². The van der Waals surface area contributed by atoms with E-state index in [1.165, 1.54) is 24.2 Å². The first-order chi connectivity index (χ1) is 10.8. The Morgan fingerprint density at radius 2 is 2.18 bits per heavy atom. The molecule has 114 valence electrons. The minimum Gasteiger partial charge on any atom is -0.354 e. The Hall–Kier alpha value is -1.88. The molecular weight excluding hydrogens is 294 g/mol. The molecule has 3 heterocycles. The molecule has 1 aliphatic carbocycles. The highest BCUT2D eigenvalue weighted by Gasteiger charge is 2.29. The molecule has 1 amide bonds. The van der Waals surface area contributed by atoms with Gasteiger partial charge in [0.15, 0.2) is 0 Å². The molecule has 4 nitrogen and oxygen atoms in total. The van der Waals surface area contributed by atoms with Crippen LogP contribution in [0.1, 0.15) is 28.1 Å². The van der Waals surface area contributed by atoms with Crippen molar-refractivity contribution in [1.82, 2.24) is 9.88 Å². The van der Waals surface area contributed by atoms with Crippen molar-refractivity contribution < 1.29 is 4.79 Å². The maximum Gasteiger partial charge on any atom is 0.264 e. The van der Waals surface area contributed by atoms with Gasteiger partial charge in [-0.3, -0.25) is 4.79 Å². The average Bonchev–Trinajstić information content (AvgIpc) is 3.24. The minimum absolute atomic E-state index is 0.137. The van der Waals surface area contributed by atoms with E-state index in [2.05, 4.69) is 16.0 Å². The molecule has 2 aromatic heterocycles. The summed E-state index contributed by atoms with van der Waals surface area (Å²) in [6.07, 6.45) is 4.52. The summed E-state index contributed by atoms with van der Waals surface area (Å²) in [6.45, 7) is 3.36. The quantitative estimate of drug-likeness (QED) is 0.874. The van der Waals surface area contributed by atoms with Crippen LogP contribution >= 0.6 is 11.3 Å². The highest BCUT2D eigenvalue weighted by atomic mass is 32.1. The number of amides is 1. The standard InChI is InChI=1S/C17H19N3OS/c21-17(15-4-2-10-22-15)20-9-8-19(11-13-5-6-13)16-14(12-20)3-1-7-18-16/h1-4,7,10,13H,5-6,8-9,11-12H2. The molecule has 22 heavy (non-hydrogen) atoms. The molecule has 0 unspecified atom stereocenters. The molecule has 0 N–H and O–H groups in total. The van der Waals surface area contributed by atoms with Gasteiger partial charge in [-0.1, -0.05) is 12.1 Å². The van der Waals surface area contributed by atoms with Crippen LogP contribution in [-0.4, -0.2) is 35.4 Å². The molecule has 2 aliphatic rings. The van der Waals surface area contributed by atoms with E-state index in [9.17, 15) is 4.79 Å². The molecule has 5 heteroatoms. The number of pyridine rings is 1. The first-order valence-electron chi connectivity index (χ1n) is 7.83. The summed E-state index contributed by atoms with van der Waals surface area (Å²) in [5, 5.41) is 1.96. The van der Waals surface area contributed by atoms with E-state index in [4.69, 9.17) is 0 Å². The summed E-state index contributed by atoms with van der Waals surface area (Å²) < 4.78 is 0. The number of fused-ring (bicyclic) bond motifs is 1. The average molecular weight is 313 g/mol. The van der Waals surface area contributed by atoms with Gasteiger partial charge >= 0.3 is 0 Å². The predicted octanol–water partition coefficient (Wildman–Crippen LogP) is 3.02. The van der Waals surface area contributed by atoms with Crippen molar-refractivity contribution in [2.24, 2.45) is 5.92 Å². The Bertz CT molecular complexity index is 666. The molecule has 0 bridgehead atoms. The maximum absolute atomic E-state index is 12.7. The van der Waals surface area contributed by atoms with E-state index >= 15 is 0 Å². The molecule has 1 fully saturated rings. The van der Waals surface area contributed by atoms with Crippen molar-refractivity contribution in [1.29, 1.82) is 0 Å². The van der Waals surface area contributed by atoms with Crippen LogP contribution in [0.5, 0.6) is 0 Å². The lowest BCUT2D eigenvalue weighted by Gasteiger charge is -2.23. The molecule has 0 atom stereocenters. The fourth-order valence-electron chi connectivity index (χ4n) is 2.99. The topological polar surface area (TPSA) is 36.4 Å². The minimum atomic E-state index is 0.137. The van der Waals surface area contributed by atoms with Crippen LogP contribution < -0.4 is 4.90 Å². The lowest BCUT2D eigenvalue weighted by molar-refractivity contribution is 0.0756. The fraction of sp³-hybridized carbons (Fsp3) is 0.412. The largest absolute Gasteiger partial charge is 0.354 e. The zero-order chi connectivity index (χ0) is 14.9.